The maximum absolute atomic E-state index is 5.64. The zero-order chi connectivity index (χ0) is 11.1. The van der Waals surface area contributed by atoms with Crippen molar-refractivity contribution in [1.29, 1.82) is 0 Å². The lowest BCUT2D eigenvalue weighted by molar-refractivity contribution is 0.190. The van der Waals surface area contributed by atoms with Crippen molar-refractivity contribution < 1.29 is 9.47 Å². The summed E-state index contributed by atoms with van der Waals surface area (Å²) in [5, 5.41) is 1.64. The Kier molecular flexibility index (Phi) is 5.38. The number of methoxy groups -OCH3 is 2. The normalized spacial score (nSPS) is 10.5. The minimum Gasteiger partial charge on any atom is -0.389 e. The third-order valence-electron chi connectivity index (χ3n) is 1.91. The maximum atomic E-state index is 5.64. The van der Waals surface area contributed by atoms with Crippen molar-refractivity contribution in [3.8, 4) is 0 Å². The third kappa shape index (κ3) is 4.03. The van der Waals surface area contributed by atoms with Crippen LogP contribution in [0.3, 0.4) is 0 Å². The predicted molar refractivity (Wildman–Crippen MR) is 62.5 cm³/mol. The first-order valence-corrected chi connectivity index (χ1v) is 5.53. The molecule has 0 unspecified atom stereocenters. The van der Waals surface area contributed by atoms with Crippen LogP contribution in [0.25, 0.3) is 0 Å². The number of anilines is 2. The first-order chi connectivity index (χ1) is 7.27. The summed E-state index contributed by atoms with van der Waals surface area (Å²) in [7, 11) is 3.37. The van der Waals surface area contributed by atoms with Crippen molar-refractivity contribution >= 4 is 21.5 Å². The fraction of sp³-hybridized carbons (Fsp3) is 0.667. The fourth-order valence-electron chi connectivity index (χ4n) is 1.13. The average molecular weight is 231 g/mol. The van der Waals surface area contributed by atoms with Gasteiger partial charge >= 0.3 is 0 Å². The summed E-state index contributed by atoms with van der Waals surface area (Å²) in [5.74, 6) is 0. The molecule has 0 aliphatic rings. The molecule has 1 rings (SSSR count). The first kappa shape index (κ1) is 12.2. The van der Waals surface area contributed by atoms with Crippen LogP contribution in [-0.2, 0) is 9.47 Å². The van der Waals surface area contributed by atoms with E-state index in [1.165, 1.54) is 11.3 Å². The highest BCUT2D eigenvalue weighted by atomic mass is 32.1. The number of hydrogen-bond acceptors (Lipinski definition) is 6. The second-order valence-corrected chi connectivity index (χ2v) is 4.06. The Morgan fingerprint density at radius 3 is 2.33 bits per heavy atom. The summed E-state index contributed by atoms with van der Waals surface area (Å²) in [5.41, 5.74) is 5.64. The van der Waals surface area contributed by atoms with Gasteiger partial charge in [0.05, 0.1) is 19.4 Å². The van der Waals surface area contributed by atoms with Crippen LogP contribution in [0.15, 0.2) is 6.20 Å². The highest BCUT2D eigenvalue weighted by molar-refractivity contribution is 7.19. The first-order valence-electron chi connectivity index (χ1n) is 4.72. The van der Waals surface area contributed by atoms with E-state index < -0.39 is 0 Å². The largest absolute Gasteiger partial charge is 0.389 e. The summed E-state index contributed by atoms with van der Waals surface area (Å²) in [6, 6.07) is 0. The van der Waals surface area contributed by atoms with Crippen molar-refractivity contribution in [3.05, 3.63) is 6.20 Å². The van der Waals surface area contributed by atoms with E-state index in [0.717, 1.165) is 23.2 Å². The molecule has 0 aliphatic heterocycles. The van der Waals surface area contributed by atoms with Gasteiger partial charge in [0.15, 0.2) is 5.13 Å². The van der Waals surface area contributed by atoms with Crippen LogP contribution in [0.4, 0.5) is 10.1 Å². The highest BCUT2D eigenvalue weighted by Gasteiger charge is 2.09. The number of hydrogen-bond donors (Lipinski definition) is 1. The molecule has 0 aliphatic carbocycles. The zero-order valence-electron chi connectivity index (χ0n) is 9.10. The summed E-state index contributed by atoms with van der Waals surface area (Å²) in [6.07, 6.45) is 1.67. The van der Waals surface area contributed by atoms with Crippen LogP contribution in [0.1, 0.15) is 0 Å². The predicted octanol–water partition coefficient (Wildman–Crippen LogP) is 0.824. The topological polar surface area (TPSA) is 60.6 Å². The highest BCUT2D eigenvalue weighted by Crippen LogP contribution is 2.23. The summed E-state index contributed by atoms with van der Waals surface area (Å²) in [6.45, 7) is 2.94. The molecule has 1 aromatic heterocycles. The van der Waals surface area contributed by atoms with Gasteiger partial charge in [0.1, 0.15) is 5.00 Å². The molecule has 0 amide bonds. The van der Waals surface area contributed by atoms with E-state index in [0.29, 0.717) is 13.2 Å². The number of nitrogen functional groups attached to an aromatic ring is 1. The Morgan fingerprint density at radius 1 is 1.33 bits per heavy atom. The van der Waals surface area contributed by atoms with Crippen molar-refractivity contribution in [2.45, 2.75) is 0 Å². The molecule has 6 heteroatoms. The summed E-state index contributed by atoms with van der Waals surface area (Å²) in [4.78, 5) is 6.34. The van der Waals surface area contributed by atoms with Crippen LogP contribution >= 0.6 is 11.3 Å². The summed E-state index contributed by atoms with van der Waals surface area (Å²) >= 11 is 1.48. The molecule has 0 saturated carbocycles. The quantitative estimate of drug-likeness (QED) is 0.753. The van der Waals surface area contributed by atoms with E-state index in [1.54, 1.807) is 20.4 Å². The lowest BCUT2D eigenvalue weighted by atomic mass is 10.5. The van der Waals surface area contributed by atoms with Gasteiger partial charge in [0, 0.05) is 27.3 Å². The molecule has 86 valence electrons. The molecule has 0 aromatic carbocycles. The van der Waals surface area contributed by atoms with Crippen molar-refractivity contribution in [2.24, 2.45) is 0 Å². The Labute approximate surface area is 93.8 Å². The molecular formula is C9H17N3O2S. The minimum absolute atomic E-state index is 0.670. The molecule has 5 nitrogen and oxygen atoms in total. The lowest BCUT2D eigenvalue weighted by Crippen LogP contribution is -2.30. The average Bonchev–Trinajstić information content (AvgIpc) is 2.65. The Bertz CT molecular complexity index is 272. The van der Waals surface area contributed by atoms with E-state index in [1.807, 2.05) is 0 Å². The number of thiazole rings is 1. The van der Waals surface area contributed by atoms with Gasteiger partial charge in [-0.1, -0.05) is 11.3 Å². The van der Waals surface area contributed by atoms with Gasteiger partial charge in [-0.2, -0.15) is 0 Å². The van der Waals surface area contributed by atoms with E-state index in [-0.39, 0.29) is 0 Å². The molecule has 0 saturated heterocycles. The molecule has 0 spiro atoms. The molecule has 0 fully saturated rings. The SMILES string of the molecule is COCCN(CCOC)c1ncc(N)s1. The standard InChI is InChI=1S/C9H17N3O2S/c1-13-5-3-12(4-6-14-2)9-11-7-8(10)15-9/h7H,3-6,10H2,1-2H3. The van der Waals surface area contributed by atoms with Gasteiger partial charge in [-0.15, -0.1) is 0 Å². The fourth-order valence-corrected chi connectivity index (χ4v) is 1.86. The van der Waals surface area contributed by atoms with Crippen LogP contribution in [-0.4, -0.2) is 45.5 Å². The van der Waals surface area contributed by atoms with Gasteiger partial charge in [0.25, 0.3) is 0 Å². The zero-order valence-corrected chi connectivity index (χ0v) is 9.92. The number of ether oxygens (including phenoxy) is 2. The van der Waals surface area contributed by atoms with Crippen molar-refractivity contribution in [2.75, 3.05) is 51.2 Å². The smallest absolute Gasteiger partial charge is 0.187 e. The third-order valence-corrected chi connectivity index (χ3v) is 2.80. The van der Waals surface area contributed by atoms with E-state index >= 15 is 0 Å². The monoisotopic (exact) mass is 231 g/mol. The molecule has 15 heavy (non-hydrogen) atoms. The van der Waals surface area contributed by atoms with Gasteiger partial charge in [0.2, 0.25) is 0 Å². The molecule has 0 radical (unpaired) electrons. The second-order valence-electron chi connectivity index (χ2n) is 3.02. The number of nitrogens with two attached hydrogens (primary N) is 1. The molecule has 0 atom stereocenters. The number of nitrogens with zero attached hydrogens (tertiary/aromatic N) is 2. The van der Waals surface area contributed by atoms with E-state index in [2.05, 4.69) is 9.88 Å². The number of aromatic nitrogens is 1. The van der Waals surface area contributed by atoms with Gasteiger partial charge in [-0.25, -0.2) is 4.98 Å². The van der Waals surface area contributed by atoms with Crippen molar-refractivity contribution in [1.82, 2.24) is 4.98 Å². The van der Waals surface area contributed by atoms with Crippen LogP contribution < -0.4 is 10.6 Å². The van der Waals surface area contributed by atoms with E-state index in [9.17, 15) is 0 Å². The van der Waals surface area contributed by atoms with E-state index in [4.69, 9.17) is 15.2 Å². The molecule has 0 bridgehead atoms. The maximum Gasteiger partial charge on any atom is 0.187 e. The molecule has 2 N–H and O–H groups in total. The van der Waals surface area contributed by atoms with Crippen molar-refractivity contribution in [3.63, 3.8) is 0 Å². The Balaban J connectivity index is 2.54. The lowest BCUT2D eigenvalue weighted by Gasteiger charge is -2.20. The van der Waals surface area contributed by atoms with Gasteiger partial charge < -0.3 is 20.1 Å². The number of rotatable bonds is 7. The Morgan fingerprint density at radius 2 is 1.93 bits per heavy atom. The van der Waals surface area contributed by atoms with Gasteiger partial charge in [-0.3, -0.25) is 0 Å². The molecule has 1 heterocycles. The second kappa shape index (κ2) is 6.60. The summed E-state index contributed by atoms with van der Waals surface area (Å²) < 4.78 is 10.1. The van der Waals surface area contributed by atoms with Crippen LogP contribution in [0.2, 0.25) is 0 Å². The van der Waals surface area contributed by atoms with Crippen LogP contribution in [0, 0.1) is 0 Å². The Hall–Kier alpha value is -0.850. The minimum atomic E-state index is 0.670. The molecule has 1 aromatic rings. The van der Waals surface area contributed by atoms with Gasteiger partial charge in [-0.05, 0) is 0 Å². The molecular weight excluding hydrogens is 214 g/mol. The van der Waals surface area contributed by atoms with Crippen LogP contribution in [0.5, 0.6) is 0 Å².